The van der Waals surface area contributed by atoms with Gasteiger partial charge in [-0.25, -0.2) is 4.79 Å². The molecule has 1 aromatic heterocycles. The zero-order valence-corrected chi connectivity index (χ0v) is 13.8. The van der Waals surface area contributed by atoms with E-state index in [0.717, 1.165) is 4.47 Å². The summed E-state index contributed by atoms with van der Waals surface area (Å²) < 4.78 is 22.3. The second kappa shape index (κ2) is 5.76. The van der Waals surface area contributed by atoms with E-state index in [1.54, 1.807) is 18.2 Å². The molecule has 7 heteroatoms. The Morgan fingerprint density at radius 1 is 1.12 bits per heavy atom. The van der Waals surface area contributed by atoms with Gasteiger partial charge in [0.25, 0.3) is 0 Å². The van der Waals surface area contributed by atoms with Crippen LogP contribution in [-0.2, 0) is 6.61 Å². The van der Waals surface area contributed by atoms with Gasteiger partial charge in [0.15, 0.2) is 11.5 Å². The molecular formula is C17H11BrO6. The largest absolute Gasteiger partial charge is 0.508 e. The predicted molar refractivity (Wildman–Crippen MR) is 88.7 cm³/mol. The number of fused-ring (bicyclic) bond motifs is 2. The topological polar surface area (TPSA) is 78.1 Å². The lowest BCUT2D eigenvalue weighted by molar-refractivity contribution is 0.173. The Bertz CT molecular complexity index is 994. The molecule has 122 valence electrons. The van der Waals surface area contributed by atoms with Gasteiger partial charge in [-0.15, -0.1) is 0 Å². The summed E-state index contributed by atoms with van der Waals surface area (Å²) in [4.78, 5) is 11.7. The van der Waals surface area contributed by atoms with E-state index in [9.17, 15) is 9.90 Å². The van der Waals surface area contributed by atoms with Crippen LogP contribution in [0.25, 0.3) is 11.0 Å². The van der Waals surface area contributed by atoms with Crippen molar-refractivity contribution in [2.45, 2.75) is 6.61 Å². The molecule has 0 radical (unpaired) electrons. The summed E-state index contributed by atoms with van der Waals surface area (Å²) in [5.41, 5.74) is 0.466. The molecule has 0 fully saturated rings. The van der Waals surface area contributed by atoms with Gasteiger partial charge in [-0.3, -0.25) is 0 Å². The monoisotopic (exact) mass is 390 g/mol. The van der Waals surface area contributed by atoms with Crippen LogP contribution in [-0.4, -0.2) is 11.9 Å². The quantitative estimate of drug-likeness (QED) is 0.688. The summed E-state index contributed by atoms with van der Waals surface area (Å²) in [5, 5.41) is 10.2. The van der Waals surface area contributed by atoms with Crippen LogP contribution in [0.2, 0.25) is 0 Å². The molecule has 0 spiro atoms. The minimum absolute atomic E-state index is 0.0298. The predicted octanol–water partition coefficient (Wildman–Crippen LogP) is 3.57. The highest BCUT2D eigenvalue weighted by molar-refractivity contribution is 9.10. The van der Waals surface area contributed by atoms with Crippen molar-refractivity contribution in [2.24, 2.45) is 0 Å². The first kappa shape index (κ1) is 14.9. The van der Waals surface area contributed by atoms with Crippen molar-refractivity contribution in [2.75, 3.05) is 6.79 Å². The summed E-state index contributed by atoms with van der Waals surface area (Å²) >= 11 is 3.42. The molecule has 0 saturated heterocycles. The van der Waals surface area contributed by atoms with Crippen molar-refractivity contribution in [1.29, 1.82) is 0 Å². The van der Waals surface area contributed by atoms with E-state index < -0.39 is 5.63 Å². The van der Waals surface area contributed by atoms with Crippen LogP contribution in [0.4, 0.5) is 0 Å². The lowest BCUT2D eigenvalue weighted by Gasteiger charge is -2.10. The summed E-state index contributed by atoms with van der Waals surface area (Å²) in [6.45, 7) is 0.338. The van der Waals surface area contributed by atoms with E-state index in [0.29, 0.717) is 33.8 Å². The molecule has 1 aliphatic rings. The normalized spacial score (nSPS) is 12.5. The Balaban J connectivity index is 1.67. The molecular weight excluding hydrogens is 380 g/mol. The highest BCUT2D eigenvalue weighted by Crippen LogP contribution is 2.40. The van der Waals surface area contributed by atoms with Crippen molar-refractivity contribution < 1.29 is 23.7 Å². The minimum Gasteiger partial charge on any atom is -0.508 e. The number of hydrogen-bond donors (Lipinski definition) is 1. The van der Waals surface area contributed by atoms with Crippen LogP contribution in [0, 0.1) is 0 Å². The molecule has 24 heavy (non-hydrogen) atoms. The zero-order chi connectivity index (χ0) is 16.7. The van der Waals surface area contributed by atoms with Crippen molar-refractivity contribution in [1.82, 2.24) is 0 Å². The number of ether oxygens (including phenoxy) is 3. The molecule has 0 atom stereocenters. The van der Waals surface area contributed by atoms with Crippen molar-refractivity contribution in [3.63, 3.8) is 0 Å². The smallest absolute Gasteiger partial charge is 0.336 e. The van der Waals surface area contributed by atoms with E-state index in [2.05, 4.69) is 15.9 Å². The highest BCUT2D eigenvalue weighted by atomic mass is 79.9. The van der Waals surface area contributed by atoms with Gasteiger partial charge in [0.05, 0.1) is 4.47 Å². The van der Waals surface area contributed by atoms with E-state index in [1.807, 2.05) is 0 Å². The fraction of sp³-hybridized carbons (Fsp3) is 0.118. The Morgan fingerprint density at radius 3 is 2.75 bits per heavy atom. The highest BCUT2D eigenvalue weighted by Gasteiger charge is 2.17. The van der Waals surface area contributed by atoms with Crippen LogP contribution < -0.4 is 19.8 Å². The third-order valence-corrected chi connectivity index (χ3v) is 4.24. The molecule has 0 amide bonds. The van der Waals surface area contributed by atoms with Gasteiger partial charge in [0.2, 0.25) is 6.79 Å². The average molecular weight is 391 g/mol. The van der Waals surface area contributed by atoms with Gasteiger partial charge in [-0.1, -0.05) is 0 Å². The van der Waals surface area contributed by atoms with E-state index in [1.165, 1.54) is 18.2 Å². The SMILES string of the molecule is O=c1cc(COc2cc3c(cc2Br)OCO3)c2ccc(O)cc2o1. The molecule has 3 aromatic rings. The number of aromatic hydroxyl groups is 1. The molecule has 2 heterocycles. The molecule has 0 aliphatic carbocycles. The number of phenols is 1. The number of benzene rings is 2. The van der Waals surface area contributed by atoms with Gasteiger partial charge in [0.1, 0.15) is 23.7 Å². The lowest BCUT2D eigenvalue weighted by Crippen LogP contribution is -2.04. The fourth-order valence-electron chi connectivity index (χ4n) is 2.50. The Labute approximate surface area is 144 Å². The molecule has 4 rings (SSSR count). The van der Waals surface area contributed by atoms with Gasteiger partial charge >= 0.3 is 5.63 Å². The number of halogens is 1. The first-order valence-electron chi connectivity index (χ1n) is 7.08. The Hall–Kier alpha value is -2.67. The van der Waals surface area contributed by atoms with Crippen LogP contribution in [0.15, 0.2) is 50.1 Å². The summed E-state index contributed by atoms with van der Waals surface area (Å²) in [6.07, 6.45) is 0. The molecule has 0 bridgehead atoms. The van der Waals surface area contributed by atoms with Crippen molar-refractivity contribution in [3.8, 4) is 23.0 Å². The zero-order valence-electron chi connectivity index (χ0n) is 12.2. The molecule has 6 nitrogen and oxygen atoms in total. The van der Waals surface area contributed by atoms with E-state index in [4.69, 9.17) is 18.6 Å². The summed E-state index contributed by atoms with van der Waals surface area (Å²) in [6, 6.07) is 9.49. The lowest BCUT2D eigenvalue weighted by atomic mass is 10.1. The maximum atomic E-state index is 11.7. The van der Waals surface area contributed by atoms with Gasteiger partial charge in [-0.2, -0.15) is 0 Å². The second-order valence-corrected chi connectivity index (χ2v) is 6.05. The number of phenolic OH excluding ortho intramolecular Hbond substituents is 1. The van der Waals surface area contributed by atoms with Crippen molar-refractivity contribution in [3.05, 3.63) is 56.9 Å². The van der Waals surface area contributed by atoms with Gasteiger partial charge in [-0.05, 0) is 28.1 Å². The number of hydrogen-bond acceptors (Lipinski definition) is 6. The average Bonchev–Trinajstić information content (AvgIpc) is 2.98. The van der Waals surface area contributed by atoms with E-state index in [-0.39, 0.29) is 19.1 Å². The van der Waals surface area contributed by atoms with Crippen LogP contribution in [0.5, 0.6) is 23.0 Å². The van der Waals surface area contributed by atoms with Crippen molar-refractivity contribution >= 4 is 26.9 Å². The summed E-state index contributed by atoms with van der Waals surface area (Å²) in [5.74, 6) is 1.85. The first-order chi connectivity index (χ1) is 11.6. The molecule has 0 saturated carbocycles. The maximum absolute atomic E-state index is 11.7. The van der Waals surface area contributed by atoms with E-state index >= 15 is 0 Å². The second-order valence-electron chi connectivity index (χ2n) is 5.20. The standard InChI is InChI=1S/C17H11BrO6/c18-12-5-15-16(23-8-22-15)6-14(12)21-7-9-3-17(20)24-13-4-10(19)1-2-11(9)13/h1-6,19H,7-8H2. The molecule has 1 N–H and O–H groups in total. The van der Waals surface area contributed by atoms with Gasteiger partial charge < -0.3 is 23.7 Å². The third kappa shape index (κ3) is 2.67. The van der Waals surface area contributed by atoms with Crippen LogP contribution >= 0.6 is 15.9 Å². The van der Waals surface area contributed by atoms with Gasteiger partial charge in [0, 0.05) is 35.2 Å². The minimum atomic E-state index is -0.503. The Kier molecular flexibility index (Phi) is 3.57. The Morgan fingerprint density at radius 2 is 1.92 bits per heavy atom. The fourth-order valence-corrected chi connectivity index (χ4v) is 2.94. The van der Waals surface area contributed by atoms with Crippen LogP contribution in [0.3, 0.4) is 0 Å². The molecule has 2 aromatic carbocycles. The van der Waals surface area contributed by atoms with Crippen LogP contribution in [0.1, 0.15) is 5.56 Å². The maximum Gasteiger partial charge on any atom is 0.336 e. The third-order valence-electron chi connectivity index (χ3n) is 3.62. The first-order valence-corrected chi connectivity index (χ1v) is 7.87. The molecule has 1 aliphatic heterocycles. The number of rotatable bonds is 3. The summed E-state index contributed by atoms with van der Waals surface area (Å²) in [7, 11) is 0. The molecule has 0 unspecified atom stereocenters.